The highest BCUT2D eigenvalue weighted by Crippen LogP contribution is 2.41. The molecule has 4 heteroatoms. The van der Waals surface area contributed by atoms with Crippen molar-refractivity contribution in [2.75, 3.05) is 0 Å². The number of hydrogen-bond acceptors (Lipinski definition) is 4. The van der Waals surface area contributed by atoms with Crippen LogP contribution in [0.4, 0.5) is 0 Å². The highest BCUT2D eigenvalue weighted by atomic mass is 16.3. The molecule has 0 aliphatic rings. The Kier molecular flexibility index (Phi) is 6.46. The molecule has 4 nitrogen and oxygen atoms in total. The van der Waals surface area contributed by atoms with Crippen LogP contribution in [0.5, 0.6) is 0 Å². The fraction of sp³-hybridized carbons (Fsp3) is 0. The topological polar surface area (TPSA) is 52.1 Å². The molecular weight excluding hydrogens is 613 g/mol. The number of furan rings is 2. The van der Waals surface area contributed by atoms with Gasteiger partial charge in [0.05, 0.1) is 11.4 Å². The molecule has 234 valence electrons. The molecule has 10 rings (SSSR count). The molecule has 0 radical (unpaired) electrons. The number of benzene rings is 7. The number of hydrogen-bond donors (Lipinski definition) is 0. The Morgan fingerprint density at radius 3 is 1.40 bits per heavy atom. The fourth-order valence-corrected chi connectivity index (χ4v) is 7.15. The van der Waals surface area contributed by atoms with Gasteiger partial charge in [-0.1, -0.05) is 127 Å². The van der Waals surface area contributed by atoms with Crippen LogP contribution in [0.15, 0.2) is 179 Å². The maximum Gasteiger partial charge on any atom is 0.161 e. The lowest BCUT2D eigenvalue weighted by Gasteiger charge is -2.15. The number of rotatable bonds is 5. The fourth-order valence-electron chi connectivity index (χ4n) is 7.15. The third kappa shape index (κ3) is 4.61. The van der Waals surface area contributed by atoms with Gasteiger partial charge in [0.25, 0.3) is 0 Å². The van der Waals surface area contributed by atoms with E-state index in [1.165, 1.54) is 0 Å². The molecule has 0 atom stereocenters. The van der Waals surface area contributed by atoms with Crippen LogP contribution in [0.3, 0.4) is 0 Å². The summed E-state index contributed by atoms with van der Waals surface area (Å²) >= 11 is 0. The maximum absolute atomic E-state index is 6.52. The zero-order valence-electron chi connectivity index (χ0n) is 26.9. The van der Waals surface area contributed by atoms with Crippen molar-refractivity contribution in [2.45, 2.75) is 0 Å². The summed E-state index contributed by atoms with van der Waals surface area (Å²) in [4.78, 5) is 10.7. The Balaban J connectivity index is 1.26. The minimum atomic E-state index is 0.622. The maximum atomic E-state index is 6.52. The second-order valence-electron chi connectivity index (χ2n) is 12.5. The van der Waals surface area contributed by atoms with Crippen molar-refractivity contribution < 1.29 is 8.83 Å². The highest BCUT2D eigenvalue weighted by molar-refractivity contribution is 6.11. The van der Waals surface area contributed by atoms with Crippen molar-refractivity contribution in [3.63, 3.8) is 0 Å². The van der Waals surface area contributed by atoms with E-state index < -0.39 is 0 Å². The SMILES string of the molecule is c1ccc(-c2ccc(-c3nc(-c4cccc5c4oc4ccccc45)cc(-c4cccc5c4oc4ccccc45)n3)c(-c3ccccc3)c2)cc1. The van der Waals surface area contributed by atoms with E-state index in [1.807, 2.05) is 48.5 Å². The molecule has 7 aromatic carbocycles. The summed E-state index contributed by atoms with van der Waals surface area (Å²) in [7, 11) is 0. The normalized spacial score (nSPS) is 11.6. The lowest BCUT2D eigenvalue weighted by Crippen LogP contribution is -1.98. The van der Waals surface area contributed by atoms with Gasteiger partial charge >= 0.3 is 0 Å². The van der Waals surface area contributed by atoms with E-state index in [4.69, 9.17) is 18.8 Å². The first kappa shape index (κ1) is 28.3. The van der Waals surface area contributed by atoms with Crippen LogP contribution in [0.2, 0.25) is 0 Å². The van der Waals surface area contributed by atoms with Crippen LogP contribution in [-0.4, -0.2) is 9.97 Å². The van der Waals surface area contributed by atoms with Gasteiger partial charge in [0.1, 0.15) is 22.3 Å². The molecule has 50 heavy (non-hydrogen) atoms. The Labute approximate surface area is 287 Å². The van der Waals surface area contributed by atoms with Gasteiger partial charge in [0.15, 0.2) is 5.82 Å². The van der Waals surface area contributed by atoms with Crippen LogP contribution >= 0.6 is 0 Å². The first-order chi connectivity index (χ1) is 24.8. The molecule has 0 spiro atoms. The molecule has 0 N–H and O–H groups in total. The minimum absolute atomic E-state index is 0.622. The van der Waals surface area contributed by atoms with Crippen molar-refractivity contribution >= 4 is 43.9 Å². The second-order valence-corrected chi connectivity index (χ2v) is 12.5. The first-order valence-electron chi connectivity index (χ1n) is 16.7. The van der Waals surface area contributed by atoms with E-state index in [2.05, 4.69) is 121 Å². The largest absolute Gasteiger partial charge is 0.455 e. The molecule has 0 aliphatic heterocycles. The predicted octanol–water partition coefficient (Wildman–Crippen LogP) is 12.6. The molecule has 0 saturated carbocycles. The zero-order chi connectivity index (χ0) is 33.0. The molecule has 3 heterocycles. The van der Waals surface area contributed by atoms with Crippen molar-refractivity contribution in [1.29, 1.82) is 0 Å². The molecule has 0 bridgehead atoms. The van der Waals surface area contributed by atoms with Gasteiger partial charge in [-0.05, 0) is 64.7 Å². The second kappa shape index (κ2) is 11.4. The summed E-state index contributed by atoms with van der Waals surface area (Å²) in [5.74, 6) is 0.622. The van der Waals surface area contributed by atoms with Crippen molar-refractivity contribution in [3.8, 4) is 56.2 Å². The van der Waals surface area contributed by atoms with Gasteiger partial charge in [-0.3, -0.25) is 0 Å². The number of nitrogens with zero attached hydrogens (tertiary/aromatic N) is 2. The van der Waals surface area contributed by atoms with Gasteiger partial charge in [-0.2, -0.15) is 0 Å². The number of fused-ring (bicyclic) bond motifs is 6. The van der Waals surface area contributed by atoms with Crippen LogP contribution < -0.4 is 0 Å². The quantitative estimate of drug-likeness (QED) is 0.188. The predicted molar refractivity (Wildman–Crippen MR) is 204 cm³/mol. The van der Waals surface area contributed by atoms with E-state index >= 15 is 0 Å². The van der Waals surface area contributed by atoms with Crippen LogP contribution in [0, 0.1) is 0 Å². The summed E-state index contributed by atoms with van der Waals surface area (Å²) in [5.41, 5.74) is 12.0. The molecule has 0 aliphatic carbocycles. The average molecular weight is 641 g/mol. The number of aromatic nitrogens is 2. The Morgan fingerprint density at radius 1 is 0.320 bits per heavy atom. The smallest absolute Gasteiger partial charge is 0.161 e. The molecule has 3 aromatic heterocycles. The van der Waals surface area contributed by atoms with Gasteiger partial charge in [-0.15, -0.1) is 0 Å². The molecule has 0 amide bonds. The van der Waals surface area contributed by atoms with Gasteiger partial charge in [0.2, 0.25) is 0 Å². The Hall–Kier alpha value is -6.78. The summed E-state index contributed by atoms with van der Waals surface area (Å²) in [6.45, 7) is 0. The highest BCUT2D eigenvalue weighted by Gasteiger charge is 2.20. The third-order valence-corrected chi connectivity index (χ3v) is 9.54. The minimum Gasteiger partial charge on any atom is -0.455 e. The molecule has 10 aromatic rings. The summed E-state index contributed by atoms with van der Waals surface area (Å²) in [5, 5.41) is 4.26. The van der Waals surface area contributed by atoms with Gasteiger partial charge in [-0.25, -0.2) is 9.97 Å². The number of para-hydroxylation sites is 4. The monoisotopic (exact) mass is 640 g/mol. The van der Waals surface area contributed by atoms with Crippen LogP contribution in [0.25, 0.3) is 100 Å². The Bertz CT molecular complexity index is 2740. The molecular formula is C46H28N2O2. The van der Waals surface area contributed by atoms with Crippen LogP contribution in [-0.2, 0) is 0 Å². The molecule has 0 fully saturated rings. The third-order valence-electron chi connectivity index (χ3n) is 9.54. The van der Waals surface area contributed by atoms with Crippen molar-refractivity contribution in [2.24, 2.45) is 0 Å². The van der Waals surface area contributed by atoms with E-state index in [0.717, 1.165) is 94.2 Å². The van der Waals surface area contributed by atoms with Crippen LogP contribution in [0.1, 0.15) is 0 Å². The average Bonchev–Trinajstić information content (AvgIpc) is 3.77. The lowest BCUT2D eigenvalue weighted by molar-refractivity contribution is 0.669. The van der Waals surface area contributed by atoms with Crippen molar-refractivity contribution in [3.05, 3.63) is 170 Å². The summed E-state index contributed by atoms with van der Waals surface area (Å²) in [6, 6.07) is 58.4. The standard InChI is InChI=1S/C46H28N2O2/c1-3-13-29(14-4-1)31-25-26-36(39(27-31)30-15-5-2-6-16-30)46-47-40(37-21-11-19-34-32-17-7-9-23-42(32)49-44(34)37)28-41(48-46)38-22-12-20-35-33-18-8-10-24-43(33)50-45(35)38/h1-28H. The first-order valence-corrected chi connectivity index (χ1v) is 16.7. The molecule has 0 unspecified atom stereocenters. The van der Waals surface area contributed by atoms with E-state index in [0.29, 0.717) is 5.82 Å². The zero-order valence-corrected chi connectivity index (χ0v) is 26.9. The molecule has 0 saturated heterocycles. The van der Waals surface area contributed by atoms with E-state index in [-0.39, 0.29) is 0 Å². The summed E-state index contributed by atoms with van der Waals surface area (Å²) < 4.78 is 13.0. The van der Waals surface area contributed by atoms with Gasteiger partial charge < -0.3 is 8.83 Å². The Morgan fingerprint density at radius 2 is 0.820 bits per heavy atom. The lowest BCUT2D eigenvalue weighted by atomic mass is 9.94. The van der Waals surface area contributed by atoms with E-state index in [9.17, 15) is 0 Å². The van der Waals surface area contributed by atoms with E-state index in [1.54, 1.807) is 0 Å². The summed E-state index contributed by atoms with van der Waals surface area (Å²) in [6.07, 6.45) is 0. The van der Waals surface area contributed by atoms with Gasteiger partial charge in [0, 0.05) is 38.2 Å². The van der Waals surface area contributed by atoms with Crippen molar-refractivity contribution in [1.82, 2.24) is 9.97 Å².